The van der Waals surface area contributed by atoms with E-state index in [1.807, 2.05) is 0 Å². The fraction of sp³-hybridized carbons (Fsp3) is 0.176. The number of aromatic nitrogens is 1. The van der Waals surface area contributed by atoms with Crippen molar-refractivity contribution in [3.63, 3.8) is 0 Å². The number of ether oxygens (including phenoxy) is 2. The molecule has 0 fully saturated rings. The zero-order valence-electron chi connectivity index (χ0n) is 16.0. The molecule has 158 valence electrons. The molecular weight excluding hydrogens is 436 g/mol. The highest BCUT2D eigenvalue weighted by Gasteiger charge is 2.25. The summed E-state index contributed by atoms with van der Waals surface area (Å²) < 4.78 is 36.8. The highest BCUT2D eigenvalue weighted by Crippen LogP contribution is 2.35. The Balaban J connectivity index is 1.98. The van der Waals surface area contributed by atoms with Crippen LogP contribution in [0, 0.1) is 10.1 Å². The Morgan fingerprint density at radius 2 is 1.83 bits per heavy atom. The maximum absolute atomic E-state index is 12.7. The molecule has 0 saturated carbocycles. The van der Waals surface area contributed by atoms with Gasteiger partial charge in [-0.1, -0.05) is 11.3 Å². The Hall–Kier alpha value is -3.29. The van der Waals surface area contributed by atoms with Crippen LogP contribution in [0.4, 0.5) is 10.8 Å². The van der Waals surface area contributed by atoms with Crippen LogP contribution in [0.3, 0.4) is 0 Å². The largest absolute Gasteiger partial charge is 0.493 e. The molecule has 3 rings (SSSR count). The molecule has 30 heavy (non-hydrogen) atoms. The molecule has 11 nitrogen and oxygen atoms in total. The summed E-state index contributed by atoms with van der Waals surface area (Å²) in [6.07, 6.45) is 0. The van der Waals surface area contributed by atoms with Crippen LogP contribution in [0.2, 0.25) is 0 Å². The molecule has 2 N–H and O–H groups in total. The number of nitrogens with zero attached hydrogens (tertiary/aromatic N) is 2. The minimum atomic E-state index is -3.64. The molecule has 0 aliphatic rings. The fourth-order valence-corrected chi connectivity index (χ4v) is 4.34. The van der Waals surface area contributed by atoms with E-state index in [1.54, 1.807) is 0 Å². The first-order valence-electron chi connectivity index (χ1n) is 8.26. The van der Waals surface area contributed by atoms with E-state index in [4.69, 9.17) is 9.47 Å². The lowest BCUT2D eigenvalue weighted by atomic mass is 10.1. The average Bonchev–Trinajstić information content (AvgIpc) is 3.13. The lowest BCUT2D eigenvalue weighted by molar-refractivity contribution is -0.385. The van der Waals surface area contributed by atoms with Gasteiger partial charge in [0.2, 0.25) is 10.0 Å². The number of hydrogen-bond donors (Lipinski definition) is 2. The zero-order valence-corrected chi connectivity index (χ0v) is 17.6. The van der Waals surface area contributed by atoms with Crippen molar-refractivity contribution in [3.8, 4) is 11.5 Å². The number of nitro groups is 1. The van der Waals surface area contributed by atoms with Gasteiger partial charge in [-0.25, -0.2) is 18.1 Å². The van der Waals surface area contributed by atoms with Gasteiger partial charge in [0.25, 0.3) is 11.6 Å². The maximum Gasteiger partial charge on any atom is 0.286 e. The van der Waals surface area contributed by atoms with Gasteiger partial charge < -0.3 is 9.47 Å². The number of hydrogen-bond acceptors (Lipinski definition) is 9. The van der Waals surface area contributed by atoms with Gasteiger partial charge in [-0.05, 0) is 25.2 Å². The Morgan fingerprint density at radius 1 is 1.17 bits per heavy atom. The molecule has 0 bridgehead atoms. The Bertz CT molecular complexity index is 1250. The molecule has 0 spiro atoms. The number of benzene rings is 2. The summed E-state index contributed by atoms with van der Waals surface area (Å²) in [5.41, 5.74) is -0.240. The Labute approximate surface area is 174 Å². The minimum Gasteiger partial charge on any atom is -0.493 e. The summed E-state index contributed by atoms with van der Waals surface area (Å²) in [4.78, 5) is 27.7. The third-order valence-electron chi connectivity index (χ3n) is 4.10. The van der Waals surface area contributed by atoms with Crippen LogP contribution < -0.4 is 19.5 Å². The van der Waals surface area contributed by atoms with E-state index >= 15 is 0 Å². The molecule has 1 heterocycles. The minimum absolute atomic E-state index is 0.0505. The standard InChI is InChI=1S/C17H16N4O7S2/c1-18-30(25,26)9-4-5-11-15(6-9)29-17(19-11)20-16(22)10-7-13(27-2)14(28-3)8-12(10)21(23)24/h4-8,18H,1-3H3,(H,19,20,22). The smallest absolute Gasteiger partial charge is 0.286 e. The van der Waals surface area contributed by atoms with E-state index in [2.05, 4.69) is 15.0 Å². The van der Waals surface area contributed by atoms with Crippen molar-refractivity contribution < 1.29 is 27.6 Å². The molecule has 0 unspecified atom stereocenters. The number of nitro benzene ring substituents is 1. The van der Waals surface area contributed by atoms with Crippen molar-refractivity contribution >= 4 is 48.3 Å². The summed E-state index contributed by atoms with van der Waals surface area (Å²) >= 11 is 1.03. The van der Waals surface area contributed by atoms with Crippen LogP contribution in [0.25, 0.3) is 10.2 Å². The lowest BCUT2D eigenvalue weighted by Crippen LogP contribution is -2.18. The first kappa shape index (κ1) is 21.4. The van der Waals surface area contributed by atoms with Crippen molar-refractivity contribution in [2.75, 3.05) is 26.6 Å². The molecule has 2 aromatic carbocycles. The molecule has 0 atom stereocenters. The van der Waals surface area contributed by atoms with Crippen molar-refractivity contribution in [1.82, 2.24) is 9.71 Å². The van der Waals surface area contributed by atoms with Crippen molar-refractivity contribution in [1.29, 1.82) is 0 Å². The van der Waals surface area contributed by atoms with Gasteiger partial charge in [-0.2, -0.15) is 0 Å². The second-order valence-electron chi connectivity index (χ2n) is 5.79. The van der Waals surface area contributed by atoms with Crippen LogP contribution in [0.1, 0.15) is 10.4 Å². The van der Waals surface area contributed by atoms with Gasteiger partial charge in [0.1, 0.15) is 5.56 Å². The second kappa shape index (κ2) is 8.22. The normalized spacial score (nSPS) is 11.3. The van der Waals surface area contributed by atoms with Gasteiger partial charge in [-0.15, -0.1) is 0 Å². The van der Waals surface area contributed by atoms with Crippen LogP contribution in [0.15, 0.2) is 35.2 Å². The summed E-state index contributed by atoms with van der Waals surface area (Å²) in [7, 11) is 0.332. The number of anilines is 1. The number of methoxy groups -OCH3 is 2. The summed E-state index contributed by atoms with van der Waals surface area (Å²) in [5.74, 6) is -0.511. The highest BCUT2D eigenvalue weighted by atomic mass is 32.2. The summed E-state index contributed by atoms with van der Waals surface area (Å²) in [5, 5.41) is 14.1. The van der Waals surface area contributed by atoms with Crippen LogP contribution in [0.5, 0.6) is 11.5 Å². The quantitative estimate of drug-likeness (QED) is 0.410. The van der Waals surface area contributed by atoms with Gasteiger partial charge in [0.15, 0.2) is 16.6 Å². The van der Waals surface area contributed by atoms with E-state index in [0.717, 1.165) is 17.4 Å². The Morgan fingerprint density at radius 3 is 2.43 bits per heavy atom. The molecule has 1 amide bonds. The third kappa shape index (κ3) is 4.03. The summed E-state index contributed by atoms with van der Waals surface area (Å²) in [6, 6.07) is 6.62. The van der Waals surface area contributed by atoms with Gasteiger partial charge >= 0.3 is 0 Å². The average molecular weight is 452 g/mol. The number of amides is 1. The number of rotatable bonds is 7. The van der Waals surface area contributed by atoms with E-state index in [1.165, 1.54) is 45.5 Å². The predicted molar refractivity (Wildman–Crippen MR) is 110 cm³/mol. The van der Waals surface area contributed by atoms with Gasteiger partial charge in [0.05, 0.1) is 40.3 Å². The van der Waals surface area contributed by atoms with Crippen molar-refractivity contribution in [3.05, 3.63) is 46.0 Å². The van der Waals surface area contributed by atoms with Crippen LogP contribution in [-0.2, 0) is 10.0 Å². The topological polar surface area (TPSA) is 150 Å². The lowest BCUT2D eigenvalue weighted by Gasteiger charge is -2.10. The number of fused-ring (bicyclic) bond motifs is 1. The molecular formula is C17H16N4O7S2. The monoisotopic (exact) mass is 452 g/mol. The number of carbonyl (C=O) groups is 1. The highest BCUT2D eigenvalue weighted by molar-refractivity contribution is 7.89. The van der Waals surface area contributed by atoms with Crippen LogP contribution >= 0.6 is 11.3 Å². The van der Waals surface area contributed by atoms with E-state index < -0.39 is 26.5 Å². The first-order valence-corrected chi connectivity index (χ1v) is 10.6. The van der Waals surface area contributed by atoms with Crippen molar-refractivity contribution in [2.45, 2.75) is 4.90 Å². The maximum atomic E-state index is 12.7. The Kier molecular flexibility index (Phi) is 5.87. The van der Waals surface area contributed by atoms with Crippen LogP contribution in [-0.4, -0.2) is 45.5 Å². The van der Waals surface area contributed by atoms with E-state index in [0.29, 0.717) is 10.2 Å². The molecule has 13 heteroatoms. The zero-order chi connectivity index (χ0) is 22.1. The number of nitrogens with one attached hydrogen (secondary N) is 2. The molecule has 3 aromatic rings. The second-order valence-corrected chi connectivity index (χ2v) is 8.71. The van der Waals surface area contributed by atoms with E-state index in [-0.39, 0.29) is 27.1 Å². The van der Waals surface area contributed by atoms with Gasteiger partial charge in [0, 0.05) is 6.07 Å². The number of sulfonamides is 1. The van der Waals surface area contributed by atoms with Crippen molar-refractivity contribution in [2.24, 2.45) is 0 Å². The first-order chi connectivity index (χ1) is 14.2. The number of thiazole rings is 1. The number of carbonyl (C=O) groups excluding carboxylic acids is 1. The van der Waals surface area contributed by atoms with Gasteiger partial charge in [-0.3, -0.25) is 20.2 Å². The fourth-order valence-electron chi connectivity index (χ4n) is 2.61. The molecule has 0 aliphatic heterocycles. The predicted octanol–water partition coefficient (Wildman–Crippen LogP) is 2.38. The van der Waals surface area contributed by atoms with E-state index in [9.17, 15) is 23.3 Å². The molecule has 0 aliphatic carbocycles. The summed E-state index contributed by atoms with van der Waals surface area (Å²) in [6.45, 7) is 0. The SMILES string of the molecule is CNS(=O)(=O)c1ccc2nc(NC(=O)c3cc(OC)c(OC)cc3[N+](=O)[O-])sc2c1. The molecule has 0 radical (unpaired) electrons. The third-order valence-corrected chi connectivity index (χ3v) is 6.45. The molecule has 1 aromatic heterocycles. The molecule has 0 saturated heterocycles.